The molecule has 0 bridgehead atoms. The maximum absolute atomic E-state index is 2.60. The van der Waals surface area contributed by atoms with Gasteiger partial charge in [0.15, 0.2) is 0 Å². The summed E-state index contributed by atoms with van der Waals surface area (Å²) in [6.45, 7) is 0. The lowest BCUT2D eigenvalue weighted by Gasteiger charge is -2.36. The zero-order valence-corrected chi connectivity index (χ0v) is 38.2. The van der Waals surface area contributed by atoms with Crippen LogP contribution in [0.25, 0.3) is 99.5 Å². The molecule has 0 radical (unpaired) electrons. The van der Waals surface area contributed by atoms with E-state index in [0.717, 1.165) is 22.7 Å². The largest absolute Gasteiger partial charge is 0.308 e. The fourth-order valence-corrected chi connectivity index (χ4v) is 13.1. The molecular weight excluding hydrogens is 835 g/mol. The topological polar surface area (TPSA) is 13.1 Å². The highest BCUT2D eigenvalue weighted by Crippen LogP contribution is 2.62. The Morgan fingerprint density at radius 1 is 0.362 bits per heavy atom. The number of rotatable bonds is 6. The molecule has 69 heavy (non-hydrogen) atoms. The molecule has 1 fully saturated rings. The van der Waals surface area contributed by atoms with Crippen LogP contribution >= 0.6 is 0 Å². The molecule has 0 N–H and O–H groups in total. The van der Waals surface area contributed by atoms with Crippen molar-refractivity contribution in [3.8, 4) is 55.9 Å². The van der Waals surface area contributed by atoms with Gasteiger partial charge in [0.1, 0.15) is 0 Å². The number of nitrogens with zero attached hydrogens (tertiary/aromatic N) is 3. The van der Waals surface area contributed by atoms with Crippen molar-refractivity contribution >= 4 is 60.7 Å². The van der Waals surface area contributed by atoms with Gasteiger partial charge in [0.05, 0.1) is 33.4 Å². The molecule has 0 saturated heterocycles. The fourth-order valence-electron chi connectivity index (χ4n) is 13.1. The first-order chi connectivity index (χ1) is 34.2. The number of hydrogen-bond donors (Lipinski definition) is 0. The zero-order chi connectivity index (χ0) is 45.2. The average Bonchev–Trinajstić information content (AvgIpc) is 4.00. The predicted molar refractivity (Wildman–Crippen MR) is 289 cm³/mol. The van der Waals surface area contributed by atoms with Crippen LogP contribution in [0, 0.1) is 0 Å². The molecule has 1 spiro atoms. The molecule has 0 atom stereocenters. The second-order valence-corrected chi connectivity index (χ2v) is 19.5. The lowest BCUT2D eigenvalue weighted by atomic mass is 9.67. The van der Waals surface area contributed by atoms with E-state index in [1.54, 1.807) is 0 Å². The van der Waals surface area contributed by atoms with Crippen molar-refractivity contribution in [1.29, 1.82) is 0 Å². The van der Waals surface area contributed by atoms with Crippen LogP contribution in [-0.2, 0) is 5.41 Å². The van der Waals surface area contributed by atoms with Crippen molar-refractivity contribution in [3.05, 3.63) is 236 Å². The summed E-state index contributed by atoms with van der Waals surface area (Å²) in [5.41, 5.74) is 24.3. The summed E-state index contributed by atoms with van der Waals surface area (Å²) >= 11 is 0. The maximum atomic E-state index is 2.60. The zero-order valence-electron chi connectivity index (χ0n) is 38.2. The smallest absolute Gasteiger partial charge is 0.0782 e. The van der Waals surface area contributed by atoms with Crippen LogP contribution in [0.15, 0.2) is 224 Å². The Morgan fingerprint density at radius 2 is 0.942 bits per heavy atom. The summed E-state index contributed by atoms with van der Waals surface area (Å²) in [6, 6.07) is 83.9. The van der Waals surface area contributed by atoms with Crippen LogP contribution in [0.4, 0.5) is 17.1 Å². The average molecular weight is 882 g/mol. The summed E-state index contributed by atoms with van der Waals surface area (Å²) in [6.07, 6.45) is 6.18. The van der Waals surface area contributed by atoms with Gasteiger partial charge in [-0.25, -0.2) is 0 Å². The molecule has 3 aliphatic rings. The Kier molecular flexibility index (Phi) is 8.30. The van der Waals surface area contributed by atoms with Gasteiger partial charge in [0, 0.05) is 55.1 Å². The fraction of sp³-hybridized carbons (Fsp3) is 0.0909. The van der Waals surface area contributed by atoms with Crippen molar-refractivity contribution in [2.45, 2.75) is 37.5 Å². The summed E-state index contributed by atoms with van der Waals surface area (Å²) in [5, 5.41) is 5.15. The maximum Gasteiger partial charge on any atom is 0.0782 e. The summed E-state index contributed by atoms with van der Waals surface area (Å²) < 4.78 is 5.04. The van der Waals surface area contributed by atoms with Gasteiger partial charge in [0.25, 0.3) is 0 Å². The highest BCUT2D eigenvalue weighted by Gasteiger charge is 2.47. The quantitative estimate of drug-likeness (QED) is 0.162. The molecule has 2 aromatic heterocycles. The molecule has 1 saturated carbocycles. The van der Waals surface area contributed by atoms with Gasteiger partial charge in [-0.3, -0.25) is 0 Å². The van der Waals surface area contributed by atoms with Crippen LogP contribution in [0.2, 0.25) is 0 Å². The van der Waals surface area contributed by atoms with Crippen molar-refractivity contribution in [2.24, 2.45) is 0 Å². The Bertz CT molecular complexity index is 4020. The minimum atomic E-state index is -0.00597. The highest BCUT2D eigenvalue weighted by atomic mass is 15.2. The molecule has 3 heteroatoms. The van der Waals surface area contributed by atoms with E-state index in [1.807, 2.05) is 0 Å². The van der Waals surface area contributed by atoms with E-state index in [2.05, 4.69) is 238 Å². The standard InChI is InChI=1S/C66H47N3/c1-4-17-43(18-5-1)44-29-33-48(34-30-44)67(61-28-16-24-53-50-21-8-11-25-58(50)68(64(53)61)47-19-6-2-7-20-47)49-35-31-45(32-36-49)46-41-55-52-23-10-13-27-60(52)69-59-26-12-9-22-51(59)54-37-38-56-63(65(54)69)62(55)57(42-46)66(56)39-14-3-15-40-66/h1-2,4-13,16-38,41-42H,3,14-15,39-40H2. The van der Waals surface area contributed by atoms with Gasteiger partial charge in [-0.2, -0.15) is 0 Å². The highest BCUT2D eigenvalue weighted by molar-refractivity contribution is 6.19. The Labute approximate surface area is 401 Å². The number of anilines is 3. The normalized spacial score (nSPS) is 14.2. The molecule has 0 unspecified atom stereocenters. The van der Waals surface area contributed by atoms with Gasteiger partial charge >= 0.3 is 0 Å². The third kappa shape index (κ3) is 5.50. The lowest BCUT2D eigenvalue weighted by molar-refractivity contribution is 0.353. The van der Waals surface area contributed by atoms with Crippen LogP contribution < -0.4 is 4.90 Å². The van der Waals surface area contributed by atoms with Gasteiger partial charge in [-0.1, -0.05) is 171 Å². The molecule has 1 aliphatic heterocycles. The summed E-state index contributed by atoms with van der Waals surface area (Å²) in [5.74, 6) is 0. The Morgan fingerprint density at radius 3 is 1.67 bits per heavy atom. The Hall–Kier alpha value is -8.40. The monoisotopic (exact) mass is 881 g/mol. The molecule has 2 aliphatic carbocycles. The predicted octanol–water partition coefficient (Wildman–Crippen LogP) is 17.9. The van der Waals surface area contributed by atoms with E-state index in [4.69, 9.17) is 0 Å². The molecule has 15 rings (SSSR count). The molecule has 3 heterocycles. The first-order valence-corrected chi connectivity index (χ1v) is 24.7. The van der Waals surface area contributed by atoms with E-state index in [1.165, 1.54) is 137 Å². The lowest BCUT2D eigenvalue weighted by Crippen LogP contribution is -2.28. The van der Waals surface area contributed by atoms with E-state index >= 15 is 0 Å². The first kappa shape index (κ1) is 38.7. The third-order valence-corrected chi connectivity index (χ3v) is 16.0. The first-order valence-electron chi connectivity index (χ1n) is 24.7. The molecular formula is C66H47N3. The molecule has 12 aromatic rings. The number of fused-ring (bicyclic) bond motifs is 11. The molecule has 0 amide bonds. The molecule has 3 nitrogen and oxygen atoms in total. The van der Waals surface area contributed by atoms with Crippen LogP contribution in [0.5, 0.6) is 0 Å². The van der Waals surface area contributed by atoms with E-state index in [-0.39, 0.29) is 5.41 Å². The van der Waals surface area contributed by atoms with E-state index < -0.39 is 0 Å². The second-order valence-electron chi connectivity index (χ2n) is 19.5. The molecule has 326 valence electrons. The van der Waals surface area contributed by atoms with Crippen molar-refractivity contribution < 1.29 is 0 Å². The SMILES string of the molecule is c1ccc(-c2ccc(N(c3ccc(-c4cc5c6c(c4)C4(CCCCC4)c4ccc7c8ccccc8n(c7c4-6)-c4ccccc4-5)cc3)c3cccc4c5ccccc5n(-c5ccccc5)c34)cc2)cc1. The third-order valence-electron chi connectivity index (χ3n) is 16.0. The minimum absolute atomic E-state index is 0.00597. The minimum Gasteiger partial charge on any atom is -0.308 e. The Balaban J connectivity index is 0.940. The van der Waals surface area contributed by atoms with Crippen molar-refractivity contribution in [2.75, 3.05) is 4.90 Å². The van der Waals surface area contributed by atoms with Crippen LogP contribution in [0.3, 0.4) is 0 Å². The van der Waals surface area contributed by atoms with Gasteiger partial charge < -0.3 is 14.0 Å². The van der Waals surface area contributed by atoms with Crippen LogP contribution in [-0.4, -0.2) is 9.13 Å². The number of hydrogen-bond acceptors (Lipinski definition) is 1. The van der Waals surface area contributed by atoms with E-state index in [9.17, 15) is 0 Å². The van der Waals surface area contributed by atoms with Crippen molar-refractivity contribution in [3.63, 3.8) is 0 Å². The number of aromatic nitrogens is 2. The van der Waals surface area contributed by atoms with Gasteiger partial charge in [-0.05, 0) is 130 Å². The summed E-state index contributed by atoms with van der Waals surface area (Å²) in [7, 11) is 0. The van der Waals surface area contributed by atoms with Crippen molar-refractivity contribution in [1.82, 2.24) is 9.13 Å². The summed E-state index contributed by atoms with van der Waals surface area (Å²) in [4.78, 5) is 2.46. The second kappa shape index (κ2) is 14.8. The molecule has 10 aromatic carbocycles. The number of para-hydroxylation sites is 5. The van der Waals surface area contributed by atoms with Gasteiger partial charge in [-0.15, -0.1) is 0 Å². The number of benzene rings is 10. The van der Waals surface area contributed by atoms with Crippen LogP contribution in [0.1, 0.15) is 43.2 Å². The van der Waals surface area contributed by atoms with Gasteiger partial charge in [0.2, 0.25) is 0 Å². The van der Waals surface area contributed by atoms with E-state index in [0.29, 0.717) is 0 Å².